The van der Waals surface area contributed by atoms with Crippen molar-refractivity contribution in [2.45, 2.75) is 12.5 Å². The van der Waals surface area contributed by atoms with Gasteiger partial charge in [0.1, 0.15) is 6.10 Å². The summed E-state index contributed by atoms with van der Waals surface area (Å²) in [5, 5.41) is 0. The first kappa shape index (κ1) is 9.77. The van der Waals surface area contributed by atoms with Crippen LogP contribution in [0, 0.1) is 0 Å². The van der Waals surface area contributed by atoms with Gasteiger partial charge in [0, 0.05) is 6.42 Å². The summed E-state index contributed by atoms with van der Waals surface area (Å²) in [5.74, 6) is 0. The van der Waals surface area contributed by atoms with Crippen LogP contribution in [-0.4, -0.2) is 19.4 Å². The van der Waals surface area contributed by atoms with E-state index < -0.39 is 6.16 Å². The molecule has 3 nitrogen and oxygen atoms in total. The summed E-state index contributed by atoms with van der Waals surface area (Å²) in [7, 11) is 1.31. The maximum atomic E-state index is 10.8. The highest BCUT2D eigenvalue weighted by Crippen LogP contribution is 2.31. The van der Waals surface area contributed by atoms with E-state index in [4.69, 9.17) is 4.74 Å². The fraction of sp³-hybridized carbons (Fsp3) is 0.250. The highest BCUT2D eigenvalue weighted by molar-refractivity contribution is 5.73. The highest BCUT2D eigenvalue weighted by atomic mass is 16.7. The van der Waals surface area contributed by atoms with E-state index >= 15 is 0 Å². The normalized spacial score (nSPS) is 18.7. The van der Waals surface area contributed by atoms with Crippen molar-refractivity contribution in [1.82, 2.24) is 0 Å². The molecule has 1 aromatic rings. The zero-order chi connectivity index (χ0) is 10.7. The Balaban J connectivity index is 1.95. The van der Waals surface area contributed by atoms with Crippen LogP contribution in [0.25, 0.3) is 5.57 Å². The van der Waals surface area contributed by atoms with E-state index in [-0.39, 0.29) is 6.10 Å². The molecule has 15 heavy (non-hydrogen) atoms. The minimum Gasteiger partial charge on any atom is -0.438 e. The lowest BCUT2D eigenvalue weighted by molar-refractivity contribution is 0.0502. The zero-order valence-electron chi connectivity index (χ0n) is 8.47. The van der Waals surface area contributed by atoms with Crippen molar-refractivity contribution in [3.05, 3.63) is 42.0 Å². The molecule has 2 rings (SSSR count). The largest absolute Gasteiger partial charge is 0.508 e. The van der Waals surface area contributed by atoms with Gasteiger partial charge in [-0.25, -0.2) is 4.79 Å². The number of hydrogen-bond donors (Lipinski definition) is 0. The fourth-order valence-electron chi connectivity index (χ4n) is 1.52. The summed E-state index contributed by atoms with van der Waals surface area (Å²) < 4.78 is 9.36. The summed E-state index contributed by atoms with van der Waals surface area (Å²) in [6.45, 7) is 0. The molecule has 0 bridgehead atoms. The standard InChI is InChI=1S/C12H12O3/c1-14-12(13)15-11-7-10(8-11)9-5-3-2-4-6-9/h2-7,11H,8H2,1H3. The summed E-state index contributed by atoms with van der Waals surface area (Å²) in [6.07, 6.45) is 1.95. The third-order valence-electron chi connectivity index (χ3n) is 2.37. The van der Waals surface area contributed by atoms with Crippen LogP contribution in [0.2, 0.25) is 0 Å². The van der Waals surface area contributed by atoms with Gasteiger partial charge < -0.3 is 9.47 Å². The summed E-state index contributed by atoms with van der Waals surface area (Å²) in [6, 6.07) is 10.0. The van der Waals surface area contributed by atoms with Gasteiger partial charge in [0.15, 0.2) is 0 Å². The molecule has 0 fully saturated rings. The number of carbonyl (C=O) groups is 1. The smallest absolute Gasteiger partial charge is 0.438 e. The molecule has 0 spiro atoms. The predicted molar refractivity (Wildman–Crippen MR) is 56.3 cm³/mol. The summed E-state index contributed by atoms with van der Waals surface area (Å²) >= 11 is 0. The van der Waals surface area contributed by atoms with Gasteiger partial charge in [0.25, 0.3) is 0 Å². The van der Waals surface area contributed by atoms with Crippen molar-refractivity contribution in [2.75, 3.05) is 7.11 Å². The molecule has 0 heterocycles. The molecule has 0 aliphatic heterocycles. The Morgan fingerprint density at radius 3 is 2.60 bits per heavy atom. The SMILES string of the molecule is COC(=O)OC1C=C(c2ccccc2)C1. The van der Waals surface area contributed by atoms with E-state index in [9.17, 15) is 4.79 Å². The van der Waals surface area contributed by atoms with Crippen LogP contribution >= 0.6 is 0 Å². The van der Waals surface area contributed by atoms with Crippen molar-refractivity contribution in [3.8, 4) is 0 Å². The van der Waals surface area contributed by atoms with Gasteiger partial charge in [-0.2, -0.15) is 0 Å². The monoisotopic (exact) mass is 204 g/mol. The van der Waals surface area contributed by atoms with Crippen LogP contribution in [0.4, 0.5) is 4.79 Å². The molecule has 0 saturated heterocycles. The van der Waals surface area contributed by atoms with Crippen LogP contribution in [0.3, 0.4) is 0 Å². The van der Waals surface area contributed by atoms with Crippen LogP contribution < -0.4 is 0 Å². The number of rotatable bonds is 2. The molecule has 1 unspecified atom stereocenters. The Morgan fingerprint density at radius 1 is 1.33 bits per heavy atom. The van der Waals surface area contributed by atoms with Crippen molar-refractivity contribution in [3.63, 3.8) is 0 Å². The topological polar surface area (TPSA) is 35.5 Å². The molecule has 0 radical (unpaired) electrons. The molecular weight excluding hydrogens is 192 g/mol. The Bertz CT molecular complexity index is 381. The molecule has 0 saturated carbocycles. The second kappa shape index (κ2) is 4.17. The van der Waals surface area contributed by atoms with Gasteiger partial charge in [-0.05, 0) is 17.2 Å². The Kier molecular flexibility index (Phi) is 2.72. The molecule has 3 heteroatoms. The maximum Gasteiger partial charge on any atom is 0.508 e. The first-order chi connectivity index (χ1) is 7.29. The molecule has 1 aromatic carbocycles. The predicted octanol–water partition coefficient (Wildman–Crippen LogP) is 2.63. The lowest BCUT2D eigenvalue weighted by atomic mass is 9.89. The van der Waals surface area contributed by atoms with E-state index in [1.165, 1.54) is 18.2 Å². The van der Waals surface area contributed by atoms with Gasteiger partial charge in [0.2, 0.25) is 0 Å². The van der Waals surface area contributed by atoms with Gasteiger partial charge in [0.05, 0.1) is 7.11 Å². The first-order valence-corrected chi connectivity index (χ1v) is 4.80. The fourth-order valence-corrected chi connectivity index (χ4v) is 1.52. The highest BCUT2D eigenvalue weighted by Gasteiger charge is 2.23. The zero-order valence-corrected chi connectivity index (χ0v) is 8.47. The van der Waals surface area contributed by atoms with Gasteiger partial charge >= 0.3 is 6.16 Å². The second-order valence-electron chi connectivity index (χ2n) is 3.37. The van der Waals surface area contributed by atoms with Gasteiger partial charge in [-0.3, -0.25) is 0 Å². The Labute approximate surface area is 88.3 Å². The molecule has 1 aliphatic carbocycles. The lowest BCUT2D eigenvalue weighted by Gasteiger charge is -2.24. The van der Waals surface area contributed by atoms with E-state index in [2.05, 4.69) is 4.74 Å². The molecule has 78 valence electrons. The molecule has 1 atom stereocenters. The molecule has 0 amide bonds. The average molecular weight is 204 g/mol. The Hall–Kier alpha value is -1.77. The third kappa shape index (κ3) is 2.18. The number of benzene rings is 1. The van der Waals surface area contributed by atoms with Crippen molar-refractivity contribution in [1.29, 1.82) is 0 Å². The average Bonchev–Trinajstić information content (AvgIpc) is 2.23. The minimum absolute atomic E-state index is 0.132. The van der Waals surface area contributed by atoms with Gasteiger partial charge in [-0.15, -0.1) is 0 Å². The Morgan fingerprint density at radius 2 is 2.00 bits per heavy atom. The number of methoxy groups -OCH3 is 1. The van der Waals surface area contributed by atoms with Crippen LogP contribution in [0.5, 0.6) is 0 Å². The third-order valence-corrected chi connectivity index (χ3v) is 2.37. The summed E-state index contributed by atoms with van der Waals surface area (Å²) in [4.78, 5) is 10.8. The van der Waals surface area contributed by atoms with Crippen molar-refractivity contribution >= 4 is 11.7 Å². The van der Waals surface area contributed by atoms with Crippen LogP contribution in [0.15, 0.2) is 36.4 Å². The van der Waals surface area contributed by atoms with Crippen LogP contribution in [-0.2, 0) is 9.47 Å². The molecular formula is C12H12O3. The van der Waals surface area contributed by atoms with Crippen molar-refractivity contribution < 1.29 is 14.3 Å². The van der Waals surface area contributed by atoms with Gasteiger partial charge in [-0.1, -0.05) is 30.3 Å². The van der Waals surface area contributed by atoms with Crippen LogP contribution in [0.1, 0.15) is 12.0 Å². The van der Waals surface area contributed by atoms with E-state index in [1.807, 2.05) is 36.4 Å². The minimum atomic E-state index is -0.622. The number of carbonyl (C=O) groups excluding carboxylic acids is 1. The molecule has 1 aliphatic rings. The molecule has 0 N–H and O–H groups in total. The quantitative estimate of drug-likeness (QED) is 0.694. The van der Waals surface area contributed by atoms with E-state index in [1.54, 1.807) is 0 Å². The second-order valence-corrected chi connectivity index (χ2v) is 3.37. The molecule has 0 aromatic heterocycles. The first-order valence-electron chi connectivity index (χ1n) is 4.80. The number of hydrogen-bond acceptors (Lipinski definition) is 3. The van der Waals surface area contributed by atoms with E-state index in [0.29, 0.717) is 0 Å². The number of ether oxygens (including phenoxy) is 2. The van der Waals surface area contributed by atoms with Crippen molar-refractivity contribution in [2.24, 2.45) is 0 Å². The summed E-state index contributed by atoms with van der Waals surface area (Å²) in [5.41, 5.74) is 2.40. The maximum absolute atomic E-state index is 10.8. The van der Waals surface area contributed by atoms with E-state index in [0.717, 1.165) is 6.42 Å². The lowest BCUT2D eigenvalue weighted by Crippen LogP contribution is -2.22.